The van der Waals surface area contributed by atoms with Crippen molar-refractivity contribution in [3.05, 3.63) is 48.4 Å². The number of ether oxygens (including phenoxy) is 2. The predicted octanol–water partition coefficient (Wildman–Crippen LogP) is 2.68. The van der Waals surface area contributed by atoms with Gasteiger partial charge in [-0.1, -0.05) is 0 Å². The molecule has 4 rings (SSSR count). The van der Waals surface area contributed by atoms with Gasteiger partial charge < -0.3 is 19.7 Å². The Morgan fingerprint density at radius 3 is 2.64 bits per heavy atom. The molecule has 1 fully saturated rings. The van der Waals surface area contributed by atoms with Crippen molar-refractivity contribution in [2.75, 3.05) is 53.0 Å². The molecule has 0 spiro atoms. The zero-order valence-electron chi connectivity index (χ0n) is 19.4. The van der Waals surface area contributed by atoms with E-state index in [0.29, 0.717) is 39.4 Å². The fraction of sp³-hybridized carbons (Fsp3) is 0.458. The van der Waals surface area contributed by atoms with Crippen molar-refractivity contribution < 1.29 is 14.3 Å². The molecule has 33 heavy (non-hydrogen) atoms. The molecule has 0 atom stereocenters. The van der Waals surface area contributed by atoms with Crippen LogP contribution < -0.4 is 10.1 Å². The molecule has 1 aliphatic heterocycles. The number of rotatable bonds is 9. The lowest BCUT2D eigenvalue weighted by molar-refractivity contribution is 0.132. The Labute approximate surface area is 194 Å². The van der Waals surface area contributed by atoms with Gasteiger partial charge in [0.15, 0.2) is 5.65 Å². The number of nitrogens with one attached hydrogen (secondary N) is 1. The number of carbonyl (C=O) groups excluding carboxylic acids is 1. The lowest BCUT2D eigenvalue weighted by Gasteiger charge is -2.34. The van der Waals surface area contributed by atoms with Gasteiger partial charge in [-0.2, -0.15) is 0 Å². The maximum atomic E-state index is 12.4. The summed E-state index contributed by atoms with van der Waals surface area (Å²) in [6.45, 7) is 7.56. The van der Waals surface area contributed by atoms with Crippen molar-refractivity contribution in [3.8, 4) is 11.4 Å². The lowest BCUT2D eigenvalue weighted by atomic mass is 10.3. The van der Waals surface area contributed by atoms with Gasteiger partial charge in [0.05, 0.1) is 13.2 Å². The second-order valence-corrected chi connectivity index (χ2v) is 7.98. The van der Waals surface area contributed by atoms with E-state index in [4.69, 9.17) is 14.5 Å². The van der Waals surface area contributed by atoms with Crippen LogP contribution in [0.3, 0.4) is 0 Å². The van der Waals surface area contributed by atoms with Crippen LogP contribution in [0.5, 0.6) is 5.75 Å². The molecule has 1 aromatic carbocycles. The summed E-state index contributed by atoms with van der Waals surface area (Å²) < 4.78 is 12.7. The smallest absolute Gasteiger partial charge is 0.317 e. The number of benzene rings is 1. The average molecular weight is 453 g/mol. The van der Waals surface area contributed by atoms with E-state index in [-0.39, 0.29) is 6.03 Å². The molecule has 3 aromatic rings. The molecule has 3 heterocycles. The van der Waals surface area contributed by atoms with Crippen LogP contribution in [0.15, 0.2) is 42.6 Å². The molecule has 0 aliphatic carbocycles. The average Bonchev–Trinajstić information content (AvgIpc) is 3.20. The number of imidazole rings is 1. The summed E-state index contributed by atoms with van der Waals surface area (Å²) in [5.41, 5.74) is 2.71. The van der Waals surface area contributed by atoms with Gasteiger partial charge in [0.1, 0.15) is 17.1 Å². The number of piperazine rings is 1. The third-order valence-corrected chi connectivity index (χ3v) is 5.72. The first-order valence-corrected chi connectivity index (χ1v) is 11.5. The summed E-state index contributed by atoms with van der Waals surface area (Å²) in [6, 6.07) is 11.9. The number of carbonyl (C=O) groups is 1. The van der Waals surface area contributed by atoms with Crippen LogP contribution >= 0.6 is 0 Å². The summed E-state index contributed by atoms with van der Waals surface area (Å²) in [7, 11) is 1.67. The first-order chi connectivity index (χ1) is 16.2. The minimum Gasteiger partial charge on any atom is -0.494 e. The van der Waals surface area contributed by atoms with Crippen molar-refractivity contribution in [3.63, 3.8) is 0 Å². The molecular weight excluding hydrogens is 420 g/mol. The van der Waals surface area contributed by atoms with Gasteiger partial charge in [-0.25, -0.2) is 14.8 Å². The van der Waals surface area contributed by atoms with E-state index in [1.165, 1.54) is 0 Å². The van der Waals surface area contributed by atoms with E-state index in [1.807, 2.05) is 48.2 Å². The van der Waals surface area contributed by atoms with Gasteiger partial charge >= 0.3 is 6.03 Å². The van der Waals surface area contributed by atoms with Crippen LogP contribution in [0.2, 0.25) is 0 Å². The lowest BCUT2D eigenvalue weighted by Crippen LogP contribution is -2.51. The highest BCUT2D eigenvalue weighted by Crippen LogP contribution is 2.23. The topological polar surface area (TPSA) is 84.8 Å². The summed E-state index contributed by atoms with van der Waals surface area (Å²) in [4.78, 5) is 26.1. The van der Waals surface area contributed by atoms with E-state index < -0.39 is 0 Å². The molecule has 0 bridgehead atoms. The first kappa shape index (κ1) is 23.0. The predicted molar refractivity (Wildman–Crippen MR) is 127 cm³/mol. The van der Waals surface area contributed by atoms with Gasteiger partial charge in [-0.3, -0.25) is 9.47 Å². The number of fused-ring (bicyclic) bond motifs is 1. The molecule has 2 aromatic heterocycles. The maximum Gasteiger partial charge on any atom is 0.317 e. The van der Waals surface area contributed by atoms with Crippen LogP contribution in [-0.2, 0) is 11.3 Å². The van der Waals surface area contributed by atoms with E-state index in [0.717, 1.165) is 47.9 Å². The van der Waals surface area contributed by atoms with Crippen molar-refractivity contribution in [1.82, 2.24) is 29.7 Å². The molecule has 0 unspecified atom stereocenters. The second-order valence-electron chi connectivity index (χ2n) is 7.98. The van der Waals surface area contributed by atoms with E-state index in [2.05, 4.69) is 19.8 Å². The molecule has 2 amide bonds. The number of pyridine rings is 1. The van der Waals surface area contributed by atoms with Crippen molar-refractivity contribution >= 4 is 17.2 Å². The number of urea groups is 1. The van der Waals surface area contributed by atoms with E-state index in [9.17, 15) is 4.79 Å². The molecule has 0 saturated carbocycles. The molecule has 1 N–H and O–H groups in total. The monoisotopic (exact) mass is 452 g/mol. The van der Waals surface area contributed by atoms with Crippen molar-refractivity contribution in [2.45, 2.75) is 19.9 Å². The zero-order valence-corrected chi connectivity index (χ0v) is 19.4. The number of methoxy groups -OCH3 is 1. The second kappa shape index (κ2) is 11.1. The molecule has 9 heteroatoms. The minimum absolute atomic E-state index is 0.00317. The Kier molecular flexibility index (Phi) is 7.74. The SMILES string of the molecule is CCOc1ccc(-n2c(CN3CCN(C(=O)NCCCOC)CC3)nc3cccnc32)cc1. The summed E-state index contributed by atoms with van der Waals surface area (Å²) in [5, 5.41) is 2.97. The number of nitrogens with zero attached hydrogens (tertiary/aromatic N) is 5. The Balaban J connectivity index is 1.44. The largest absolute Gasteiger partial charge is 0.494 e. The molecular formula is C24H32N6O3. The Bertz CT molecular complexity index is 1040. The number of amides is 2. The van der Waals surface area contributed by atoms with Crippen LogP contribution in [0.1, 0.15) is 19.2 Å². The number of aromatic nitrogens is 3. The zero-order chi connectivity index (χ0) is 23.0. The highest BCUT2D eigenvalue weighted by molar-refractivity contribution is 5.74. The molecule has 176 valence electrons. The summed E-state index contributed by atoms with van der Waals surface area (Å²) in [6.07, 6.45) is 2.61. The minimum atomic E-state index is -0.00317. The van der Waals surface area contributed by atoms with Crippen LogP contribution in [0, 0.1) is 0 Å². The normalized spacial score (nSPS) is 14.5. The van der Waals surface area contributed by atoms with E-state index >= 15 is 0 Å². The van der Waals surface area contributed by atoms with Crippen LogP contribution in [-0.4, -0.2) is 83.4 Å². The standard InChI is InChI=1S/C24H32N6O3/c1-3-33-20-9-7-19(8-10-20)30-22(27-21-6-4-11-25-23(21)30)18-28-13-15-29(16-14-28)24(31)26-12-5-17-32-2/h4,6-11H,3,5,12-18H2,1-2H3,(H,26,31). The van der Waals surface area contributed by atoms with Gasteiger partial charge in [0.2, 0.25) is 0 Å². The van der Waals surface area contributed by atoms with Crippen LogP contribution in [0.25, 0.3) is 16.9 Å². The molecule has 9 nitrogen and oxygen atoms in total. The molecule has 1 saturated heterocycles. The van der Waals surface area contributed by atoms with Gasteiger partial charge in [0, 0.05) is 58.3 Å². The third kappa shape index (κ3) is 5.61. The maximum absolute atomic E-state index is 12.4. The summed E-state index contributed by atoms with van der Waals surface area (Å²) in [5.74, 6) is 1.78. The fourth-order valence-corrected chi connectivity index (χ4v) is 4.03. The van der Waals surface area contributed by atoms with Crippen LogP contribution in [0.4, 0.5) is 4.79 Å². The Morgan fingerprint density at radius 1 is 1.12 bits per heavy atom. The fourth-order valence-electron chi connectivity index (χ4n) is 4.03. The van der Waals surface area contributed by atoms with Crippen molar-refractivity contribution in [2.24, 2.45) is 0 Å². The number of hydrogen-bond donors (Lipinski definition) is 1. The molecule has 1 aliphatic rings. The Morgan fingerprint density at radius 2 is 1.91 bits per heavy atom. The first-order valence-electron chi connectivity index (χ1n) is 11.5. The van der Waals surface area contributed by atoms with Gasteiger partial charge in [0.25, 0.3) is 0 Å². The third-order valence-electron chi connectivity index (χ3n) is 5.72. The van der Waals surface area contributed by atoms with Crippen molar-refractivity contribution in [1.29, 1.82) is 0 Å². The van der Waals surface area contributed by atoms with E-state index in [1.54, 1.807) is 13.3 Å². The molecule has 0 radical (unpaired) electrons. The Hall–Kier alpha value is -3.17. The highest BCUT2D eigenvalue weighted by atomic mass is 16.5. The van der Waals surface area contributed by atoms with Gasteiger partial charge in [-0.15, -0.1) is 0 Å². The highest BCUT2D eigenvalue weighted by Gasteiger charge is 2.23. The van der Waals surface area contributed by atoms with Gasteiger partial charge in [-0.05, 0) is 49.7 Å². The summed E-state index contributed by atoms with van der Waals surface area (Å²) >= 11 is 0. The number of hydrogen-bond acceptors (Lipinski definition) is 6. The quantitative estimate of drug-likeness (QED) is 0.503.